The summed E-state index contributed by atoms with van der Waals surface area (Å²) in [4.78, 5) is 4.05. The number of quaternary nitrogens is 1. The third-order valence-corrected chi connectivity index (χ3v) is 5.82. The van der Waals surface area contributed by atoms with Gasteiger partial charge in [-0.05, 0) is 31.2 Å². The van der Waals surface area contributed by atoms with E-state index in [1.807, 2.05) is 13.0 Å². The standard InChI is InChI=1S/C20H25N3O3S/c1-2-26-19-8-10-20(11-9-19)27(24,25)22-21-18-12-14-23(15-13-18)16-17-6-4-3-5-7-17/h3-11,22H,2,12-16H2,1H3/p+1. The number of likely N-dealkylation sites (tertiary alicyclic amines) is 1. The fourth-order valence-corrected chi connectivity index (χ4v) is 3.97. The molecule has 0 radical (unpaired) electrons. The maximum atomic E-state index is 12.4. The first-order valence-electron chi connectivity index (χ1n) is 9.24. The number of nitrogens with zero attached hydrogens (tertiary/aromatic N) is 1. The lowest BCUT2D eigenvalue weighted by Crippen LogP contribution is -3.11. The number of nitrogens with one attached hydrogen (secondary N) is 2. The Balaban J connectivity index is 1.53. The van der Waals surface area contributed by atoms with Crippen molar-refractivity contribution in [3.63, 3.8) is 0 Å². The molecule has 6 nitrogen and oxygen atoms in total. The number of hydrogen-bond acceptors (Lipinski definition) is 4. The number of ether oxygens (including phenoxy) is 1. The highest BCUT2D eigenvalue weighted by Gasteiger charge is 2.20. The van der Waals surface area contributed by atoms with Crippen molar-refractivity contribution in [3.8, 4) is 5.75 Å². The SMILES string of the molecule is CCOc1ccc(S(=O)(=O)NN=C2CC[NH+](Cc3ccccc3)CC2)cc1. The van der Waals surface area contributed by atoms with Crippen LogP contribution in [0.3, 0.4) is 0 Å². The fourth-order valence-electron chi connectivity index (χ4n) is 3.12. The van der Waals surface area contributed by atoms with Gasteiger partial charge in [0.2, 0.25) is 0 Å². The predicted octanol–water partition coefficient (Wildman–Crippen LogP) is 1.60. The normalized spacial score (nSPS) is 17.4. The Hall–Kier alpha value is -2.38. The van der Waals surface area contributed by atoms with Crippen LogP contribution >= 0.6 is 0 Å². The first kappa shape index (κ1) is 19.4. The van der Waals surface area contributed by atoms with Gasteiger partial charge in [0.15, 0.2) is 0 Å². The lowest BCUT2D eigenvalue weighted by Gasteiger charge is -2.24. The molecule has 1 aliphatic heterocycles. The van der Waals surface area contributed by atoms with Crippen molar-refractivity contribution in [1.82, 2.24) is 4.83 Å². The molecule has 0 aromatic heterocycles. The lowest BCUT2D eigenvalue weighted by atomic mass is 10.1. The molecule has 0 bridgehead atoms. The summed E-state index contributed by atoms with van der Waals surface area (Å²) in [6.07, 6.45) is 1.60. The molecule has 2 aromatic carbocycles. The zero-order valence-electron chi connectivity index (χ0n) is 15.5. The van der Waals surface area contributed by atoms with Gasteiger partial charge >= 0.3 is 0 Å². The second-order valence-electron chi connectivity index (χ2n) is 6.59. The van der Waals surface area contributed by atoms with Gasteiger partial charge in [-0.2, -0.15) is 13.5 Å². The topological polar surface area (TPSA) is 72.2 Å². The van der Waals surface area contributed by atoms with Gasteiger partial charge < -0.3 is 9.64 Å². The molecule has 7 heteroatoms. The molecule has 2 aromatic rings. The summed E-state index contributed by atoms with van der Waals surface area (Å²) in [6, 6.07) is 16.8. The summed E-state index contributed by atoms with van der Waals surface area (Å²) in [5, 5.41) is 4.17. The van der Waals surface area contributed by atoms with E-state index in [4.69, 9.17) is 4.74 Å². The van der Waals surface area contributed by atoms with Crippen molar-refractivity contribution in [2.75, 3.05) is 19.7 Å². The van der Waals surface area contributed by atoms with Crippen molar-refractivity contribution in [1.29, 1.82) is 0 Å². The summed E-state index contributed by atoms with van der Waals surface area (Å²) in [5.74, 6) is 0.650. The quantitative estimate of drug-likeness (QED) is 0.708. The Labute approximate surface area is 160 Å². The number of benzene rings is 2. The van der Waals surface area contributed by atoms with E-state index in [-0.39, 0.29) is 4.90 Å². The first-order valence-corrected chi connectivity index (χ1v) is 10.7. The maximum absolute atomic E-state index is 12.4. The van der Waals surface area contributed by atoms with Gasteiger partial charge in [-0.1, -0.05) is 30.3 Å². The van der Waals surface area contributed by atoms with Gasteiger partial charge in [-0.15, -0.1) is 0 Å². The molecule has 1 saturated heterocycles. The third kappa shape index (κ3) is 5.55. The van der Waals surface area contributed by atoms with Crippen LogP contribution in [0.25, 0.3) is 0 Å². The van der Waals surface area contributed by atoms with E-state index in [0.29, 0.717) is 12.4 Å². The van der Waals surface area contributed by atoms with Crippen LogP contribution in [-0.2, 0) is 16.6 Å². The molecule has 3 rings (SSSR count). The van der Waals surface area contributed by atoms with Gasteiger partial charge in [0.25, 0.3) is 10.0 Å². The summed E-state index contributed by atoms with van der Waals surface area (Å²) < 4.78 is 30.1. The molecule has 2 N–H and O–H groups in total. The van der Waals surface area contributed by atoms with Crippen molar-refractivity contribution in [2.24, 2.45) is 5.10 Å². The Morgan fingerprint density at radius 2 is 1.70 bits per heavy atom. The fraction of sp³-hybridized carbons (Fsp3) is 0.350. The molecule has 0 amide bonds. The Morgan fingerprint density at radius 3 is 2.33 bits per heavy atom. The molecule has 144 valence electrons. The number of rotatable bonds is 7. The van der Waals surface area contributed by atoms with Crippen molar-refractivity contribution >= 4 is 15.7 Å². The minimum absolute atomic E-state index is 0.183. The highest BCUT2D eigenvalue weighted by atomic mass is 32.2. The molecule has 0 spiro atoms. The monoisotopic (exact) mass is 388 g/mol. The van der Waals surface area contributed by atoms with Crippen LogP contribution in [0.2, 0.25) is 0 Å². The Kier molecular flexibility index (Phi) is 6.47. The molecule has 0 aliphatic carbocycles. The summed E-state index contributed by atoms with van der Waals surface area (Å²) in [6.45, 7) is 5.33. The number of hydrogen-bond donors (Lipinski definition) is 2. The summed E-state index contributed by atoms with van der Waals surface area (Å²) >= 11 is 0. The number of piperidine rings is 1. The smallest absolute Gasteiger partial charge is 0.276 e. The Morgan fingerprint density at radius 1 is 1.04 bits per heavy atom. The van der Waals surface area contributed by atoms with Crippen LogP contribution in [0.4, 0.5) is 0 Å². The molecule has 1 fully saturated rings. The van der Waals surface area contributed by atoms with Crippen molar-refractivity contribution in [2.45, 2.75) is 31.2 Å². The van der Waals surface area contributed by atoms with Crippen LogP contribution in [0.15, 0.2) is 64.6 Å². The van der Waals surface area contributed by atoms with Crippen LogP contribution in [0.5, 0.6) is 5.75 Å². The first-order chi connectivity index (χ1) is 13.1. The largest absolute Gasteiger partial charge is 0.494 e. The minimum atomic E-state index is -3.65. The van der Waals surface area contributed by atoms with E-state index < -0.39 is 10.0 Å². The lowest BCUT2D eigenvalue weighted by molar-refractivity contribution is -0.914. The van der Waals surface area contributed by atoms with E-state index in [9.17, 15) is 8.42 Å². The zero-order valence-corrected chi connectivity index (χ0v) is 16.3. The highest BCUT2D eigenvalue weighted by molar-refractivity contribution is 7.89. The highest BCUT2D eigenvalue weighted by Crippen LogP contribution is 2.15. The van der Waals surface area contributed by atoms with Crippen LogP contribution in [0.1, 0.15) is 25.3 Å². The summed E-state index contributed by atoms with van der Waals surface area (Å²) in [7, 11) is -3.65. The van der Waals surface area contributed by atoms with E-state index in [2.05, 4.69) is 34.2 Å². The second-order valence-corrected chi connectivity index (χ2v) is 8.25. The van der Waals surface area contributed by atoms with Crippen molar-refractivity contribution < 1.29 is 18.1 Å². The van der Waals surface area contributed by atoms with E-state index >= 15 is 0 Å². The number of hydrazone groups is 1. The average molecular weight is 389 g/mol. The molecular formula is C20H26N3O3S+. The molecule has 0 saturated carbocycles. The van der Waals surface area contributed by atoms with Crippen molar-refractivity contribution in [3.05, 3.63) is 60.2 Å². The predicted molar refractivity (Wildman–Crippen MR) is 105 cm³/mol. The molecule has 0 unspecified atom stereocenters. The second kappa shape index (κ2) is 9.01. The minimum Gasteiger partial charge on any atom is -0.494 e. The summed E-state index contributed by atoms with van der Waals surface area (Å²) in [5.41, 5.74) is 2.23. The average Bonchev–Trinajstić information content (AvgIpc) is 2.69. The Bertz CT molecular complexity index is 855. The zero-order chi connectivity index (χ0) is 19.1. The van der Waals surface area contributed by atoms with E-state index in [0.717, 1.165) is 38.2 Å². The van der Waals surface area contributed by atoms with Gasteiger partial charge in [-0.3, -0.25) is 0 Å². The maximum Gasteiger partial charge on any atom is 0.276 e. The van der Waals surface area contributed by atoms with Crippen LogP contribution in [0, 0.1) is 0 Å². The molecule has 1 aliphatic rings. The van der Waals surface area contributed by atoms with E-state index in [1.165, 1.54) is 22.6 Å². The third-order valence-electron chi connectivity index (χ3n) is 4.60. The van der Waals surface area contributed by atoms with Gasteiger partial charge in [0.05, 0.1) is 30.3 Å². The number of sulfonamides is 1. The van der Waals surface area contributed by atoms with Gasteiger partial charge in [0, 0.05) is 18.4 Å². The van der Waals surface area contributed by atoms with Gasteiger partial charge in [-0.25, -0.2) is 4.83 Å². The van der Waals surface area contributed by atoms with Crippen LogP contribution in [-0.4, -0.2) is 33.8 Å². The van der Waals surface area contributed by atoms with Crippen LogP contribution < -0.4 is 14.5 Å². The molecule has 0 atom stereocenters. The molecular weight excluding hydrogens is 362 g/mol. The molecule has 27 heavy (non-hydrogen) atoms. The van der Waals surface area contributed by atoms with E-state index in [1.54, 1.807) is 12.1 Å². The molecule has 1 heterocycles. The van der Waals surface area contributed by atoms with Gasteiger partial charge in [0.1, 0.15) is 12.3 Å².